The molecule has 0 unspecified atom stereocenters. The normalized spacial score (nSPS) is 22.5. The van der Waals surface area contributed by atoms with E-state index < -0.39 is 6.10 Å². The number of ketones is 1. The number of aliphatic hydroxyl groups is 1. The molecule has 0 aromatic heterocycles. The monoisotopic (exact) mass is 315 g/mol. The van der Waals surface area contributed by atoms with Crippen LogP contribution in [0.15, 0.2) is 42.5 Å². The van der Waals surface area contributed by atoms with Gasteiger partial charge in [0.15, 0.2) is 5.78 Å². The average molecular weight is 315 g/mol. The average Bonchev–Trinajstić information content (AvgIpc) is 2.93. The van der Waals surface area contributed by atoms with Crippen LogP contribution in [-0.4, -0.2) is 40.4 Å². The third-order valence-electron chi connectivity index (χ3n) is 4.44. The first kappa shape index (κ1) is 17.4. The predicted octanol–water partition coefficient (Wildman–Crippen LogP) is 2.82. The van der Waals surface area contributed by atoms with Crippen molar-refractivity contribution >= 4 is 11.7 Å². The zero-order valence-corrected chi connectivity index (χ0v) is 13.8. The molecule has 0 bridgehead atoms. The van der Waals surface area contributed by atoms with Crippen LogP contribution in [0.3, 0.4) is 0 Å². The number of aliphatic hydroxyl groups excluding tert-OH is 1. The van der Waals surface area contributed by atoms with E-state index in [9.17, 15) is 14.7 Å². The number of hydrogen-bond acceptors (Lipinski definition) is 3. The number of benzene rings is 1. The Labute approximate surface area is 137 Å². The van der Waals surface area contributed by atoms with Crippen LogP contribution in [-0.2, 0) is 4.79 Å². The second-order valence-electron chi connectivity index (χ2n) is 6.21. The van der Waals surface area contributed by atoms with Gasteiger partial charge in [-0.2, -0.15) is 0 Å². The zero-order chi connectivity index (χ0) is 16.8. The molecule has 4 heteroatoms. The summed E-state index contributed by atoms with van der Waals surface area (Å²) >= 11 is 0. The highest BCUT2D eigenvalue weighted by atomic mass is 16.3. The highest BCUT2D eigenvalue weighted by Crippen LogP contribution is 2.26. The van der Waals surface area contributed by atoms with Crippen molar-refractivity contribution < 1.29 is 14.7 Å². The van der Waals surface area contributed by atoms with Gasteiger partial charge in [-0.25, -0.2) is 0 Å². The molecular weight excluding hydrogens is 290 g/mol. The standard InChI is InChI=1S/C19H25NO3/c1-3-16(21)13-17(22)9-10-18-14(2)11-12-20(18)19(23)15-7-5-4-6-8-15/h4-10,14,16,18,21H,3,11-13H2,1-2H3/t14-,16-,18-/m1/s1. The molecule has 1 fully saturated rings. The Morgan fingerprint density at radius 2 is 2.04 bits per heavy atom. The van der Waals surface area contributed by atoms with Crippen LogP contribution in [0.5, 0.6) is 0 Å². The van der Waals surface area contributed by atoms with Crippen molar-refractivity contribution in [3.05, 3.63) is 48.0 Å². The zero-order valence-electron chi connectivity index (χ0n) is 13.8. The smallest absolute Gasteiger partial charge is 0.254 e. The quantitative estimate of drug-likeness (QED) is 0.821. The van der Waals surface area contributed by atoms with Crippen LogP contribution in [0.25, 0.3) is 0 Å². The van der Waals surface area contributed by atoms with E-state index in [1.54, 1.807) is 0 Å². The largest absolute Gasteiger partial charge is 0.393 e. The Morgan fingerprint density at radius 3 is 2.70 bits per heavy atom. The summed E-state index contributed by atoms with van der Waals surface area (Å²) in [6.07, 6.45) is 4.40. The molecule has 2 rings (SSSR count). The number of carbonyl (C=O) groups is 2. The first-order valence-corrected chi connectivity index (χ1v) is 8.28. The highest BCUT2D eigenvalue weighted by molar-refractivity contribution is 5.95. The van der Waals surface area contributed by atoms with E-state index in [1.807, 2.05) is 48.2 Å². The van der Waals surface area contributed by atoms with Crippen molar-refractivity contribution in [1.29, 1.82) is 0 Å². The molecule has 0 saturated carbocycles. The number of amides is 1. The molecule has 1 aromatic carbocycles. The molecule has 1 aliphatic heterocycles. The van der Waals surface area contributed by atoms with Crippen LogP contribution < -0.4 is 0 Å². The fraction of sp³-hybridized carbons (Fsp3) is 0.474. The van der Waals surface area contributed by atoms with Crippen LogP contribution in [0.2, 0.25) is 0 Å². The van der Waals surface area contributed by atoms with Crippen molar-refractivity contribution in [3.8, 4) is 0 Å². The van der Waals surface area contributed by atoms with Crippen LogP contribution in [0.4, 0.5) is 0 Å². The molecule has 0 spiro atoms. The van der Waals surface area contributed by atoms with Gasteiger partial charge in [-0.3, -0.25) is 9.59 Å². The summed E-state index contributed by atoms with van der Waals surface area (Å²) in [5.41, 5.74) is 0.674. The number of allylic oxidation sites excluding steroid dienone is 1. The maximum atomic E-state index is 12.6. The number of carbonyl (C=O) groups excluding carboxylic acids is 2. The van der Waals surface area contributed by atoms with Gasteiger partial charge < -0.3 is 10.0 Å². The molecular formula is C19H25NO3. The third-order valence-corrected chi connectivity index (χ3v) is 4.44. The van der Waals surface area contributed by atoms with Gasteiger partial charge in [-0.15, -0.1) is 0 Å². The summed E-state index contributed by atoms with van der Waals surface area (Å²) in [4.78, 5) is 26.3. The Balaban J connectivity index is 2.06. The molecule has 3 atom stereocenters. The summed E-state index contributed by atoms with van der Waals surface area (Å²) in [6, 6.07) is 9.16. The Bertz CT molecular complexity index is 567. The maximum absolute atomic E-state index is 12.6. The van der Waals surface area contributed by atoms with E-state index >= 15 is 0 Å². The van der Waals surface area contributed by atoms with E-state index in [1.165, 1.54) is 6.08 Å². The van der Waals surface area contributed by atoms with Gasteiger partial charge in [0.1, 0.15) is 0 Å². The number of nitrogens with zero attached hydrogens (tertiary/aromatic N) is 1. The molecule has 1 heterocycles. The molecule has 23 heavy (non-hydrogen) atoms. The van der Waals surface area contributed by atoms with Gasteiger partial charge in [0, 0.05) is 18.5 Å². The molecule has 1 aromatic rings. The Hall–Kier alpha value is -1.94. The summed E-state index contributed by atoms with van der Waals surface area (Å²) in [5, 5.41) is 9.54. The second kappa shape index (κ2) is 8.06. The van der Waals surface area contributed by atoms with E-state index in [0.717, 1.165) is 6.42 Å². The maximum Gasteiger partial charge on any atom is 0.254 e. The molecule has 4 nitrogen and oxygen atoms in total. The van der Waals surface area contributed by atoms with Crippen LogP contribution in [0.1, 0.15) is 43.5 Å². The minimum Gasteiger partial charge on any atom is -0.393 e. The van der Waals surface area contributed by atoms with Crippen molar-refractivity contribution in [2.24, 2.45) is 5.92 Å². The second-order valence-corrected chi connectivity index (χ2v) is 6.21. The lowest BCUT2D eigenvalue weighted by molar-refractivity contribution is -0.116. The SMILES string of the molecule is CC[C@@H](O)CC(=O)C=C[C@@H]1[C@H](C)CCN1C(=O)c1ccccc1. The minimum atomic E-state index is -0.588. The lowest BCUT2D eigenvalue weighted by Crippen LogP contribution is -2.36. The van der Waals surface area contributed by atoms with Gasteiger partial charge in [0.25, 0.3) is 5.91 Å². The van der Waals surface area contributed by atoms with Gasteiger partial charge in [0.2, 0.25) is 0 Å². The molecule has 1 aliphatic rings. The van der Waals surface area contributed by atoms with Gasteiger partial charge in [-0.05, 0) is 37.0 Å². The Morgan fingerprint density at radius 1 is 1.35 bits per heavy atom. The van der Waals surface area contributed by atoms with Crippen molar-refractivity contribution in [2.75, 3.05) is 6.54 Å². The number of likely N-dealkylation sites (tertiary alicyclic amines) is 1. The van der Waals surface area contributed by atoms with Crippen LogP contribution >= 0.6 is 0 Å². The molecule has 0 aliphatic carbocycles. The lowest BCUT2D eigenvalue weighted by atomic mass is 10.0. The summed E-state index contributed by atoms with van der Waals surface area (Å²) in [6.45, 7) is 4.65. The fourth-order valence-corrected chi connectivity index (χ4v) is 2.90. The van der Waals surface area contributed by atoms with Gasteiger partial charge >= 0.3 is 0 Å². The van der Waals surface area contributed by atoms with Crippen LogP contribution in [0, 0.1) is 5.92 Å². The van der Waals surface area contributed by atoms with Gasteiger partial charge in [-0.1, -0.05) is 38.1 Å². The molecule has 1 amide bonds. The predicted molar refractivity (Wildman–Crippen MR) is 90.1 cm³/mol. The lowest BCUT2D eigenvalue weighted by Gasteiger charge is -2.24. The van der Waals surface area contributed by atoms with E-state index in [-0.39, 0.29) is 24.2 Å². The molecule has 0 radical (unpaired) electrons. The minimum absolute atomic E-state index is 0.00522. The summed E-state index contributed by atoms with van der Waals surface area (Å²) in [5.74, 6) is 0.235. The summed E-state index contributed by atoms with van der Waals surface area (Å²) in [7, 11) is 0. The third kappa shape index (κ3) is 4.52. The molecule has 1 N–H and O–H groups in total. The van der Waals surface area contributed by atoms with Crippen molar-refractivity contribution in [3.63, 3.8) is 0 Å². The summed E-state index contributed by atoms with van der Waals surface area (Å²) < 4.78 is 0. The van der Waals surface area contributed by atoms with Gasteiger partial charge in [0.05, 0.1) is 12.1 Å². The van der Waals surface area contributed by atoms with E-state index in [0.29, 0.717) is 24.4 Å². The van der Waals surface area contributed by atoms with E-state index in [2.05, 4.69) is 6.92 Å². The van der Waals surface area contributed by atoms with Crippen molar-refractivity contribution in [1.82, 2.24) is 4.90 Å². The number of rotatable bonds is 6. The molecule has 1 saturated heterocycles. The Kier molecular flexibility index (Phi) is 6.11. The molecule has 124 valence electrons. The fourth-order valence-electron chi connectivity index (χ4n) is 2.90. The first-order chi connectivity index (χ1) is 11.0. The van der Waals surface area contributed by atoms with Crippen molar-refractivity contribution in [2.45, 2.75) is 45.3 Å². The highest BCUT2D eigenvalue weighted by Gasteiger charge is 2.33. The topological polar surface area (TPSA) is 57.6 Å². The number of hydrogen-bond donors (Lipinski definition) is 1. The van der Waals surface area contributed by atoms with E-state index in [4.69, 9.17) is 0 Å². The first-order valence-electron chi connectivity index (χ1n) is 8.28.